The molecule has 5 heteroatoms. The highest BCUT2D eigenvalue weighted by atomic mass is 35.5. The molecule has 1 saturated heterocycles. The number of aryl methyl sites for hydroxylation is 1. The maximum Gasteiger partial charge on any atom is 0.0835 e. The Kier molecular flexibility index (Phi) is 5.87. The number of nitrogens with zero attached hydrogens (tertiary/aromatic N) is 2. The summed E-state index contributed by atoms with van der Waals surface area (Å²) in [5.41, 5.74) is 1.08. The minimum absolute atomic E-state index is 0.133. The number of hydrogen-bond donors (Lipinski definition) is 1. The van der Waals surface area contributed by atoms with Gasteiger partial charge in [-0.1, -0.05) is 32.4 Å². The molecule has 0 bridgehead atoms. The number of ether oxygens (including phenoxy) is 1. The zero-order valence-corrected chi connectivity index (χ0v) is 13.5. The predicted molar refractivity (Wildman–Crippen MR) is 82.1 cm³/mol. The lowest BCUT2D eigenvalue weighted by atomic mass is 9.95. The predicted octanol–water partition coefficient (Wildman–Crippen LogP) is 3.41. The highest BCUT2D eigenvalue weighted by Crippen LogP contribution is 2.34. The van der Waals surface area contributed by atoms with E-state index >= 15 is 0 Å². The first kappa shape index (κ1) is 15.8. The molecule has 20 heavy (non-hydrogen) atoms. The molecule has 1 aliphatic rings. The van der Waals surface area contributed by atoms with Gasteiger partial charge in [-0.2, -0.15) is 5.10 Å². The van der Waals surface area contributed by atoms with Crippen molar-refractivity contribution in [2.24, 2.45) is 5.92 Å². The van der Waals surface area contributed by atoms with E-state index in [0.717, 1.165) is 49.7 Å². The van der Waals surface area contributed by atoms with Crippen molar-refractivity contribution in [1.82, 2.24) is 15.1 Å². The molecule has 1 aliphatic heterocycles. The second kappa shape index (κ2) is 7.43. The largest absolute Gasteiger partial charge is 0.376 e. The molecule has 1 fully saturated rings. The van der Waals surface area contributed by atoms with Crippen LogP contribution in [0.25, 0.3) is 0 Å². The van der Waals surface area contributed by atoms with Crippen LogP contribution in [0.15, 0.2) is 6.20 Å². The summed E-state index contributed by atoms with van der Waals surface area (Å²) in [7, 11) is 0. The summed E-state index contributed by atoms with van der Waals surface area (Å²) < 4.78 is 8.01. The normalized spacial score (nSPS) is 24.2. The average Bonchev–Trinajstić information content (AvgIpc) is 3.00. The third kappa shape index (κ3) is 3.35. The Bertz CT molecular complexity index is 421. The highest BCUT2D eigenvalue weighted by molar-refractivity contribution is 6.31. The Morgan fingerprint density at radius 2 is 2.30 bits per heavy atom. The standard InChI is InChI=1S/C15H26ClN3O/c1-4-7-17-13(15-11(3)6-9-20-15)14-12(16)10-18-19(14)8-5-2/h10-11,13,15,17H,4-9H2,1-3H3. The molecule has 0 aromatic carbocycles. The fourth-order valence-electron chi connectivity index (χ4n) is 2.88. The van der Waals surface area contributed by atoms with Crippen LogP contribution < -0.4 is 5.32 Å². The Morgan fingerprint density at radius 1 is 1.50 bits per heavy atom. The van der Waals surface area contributed by atoms with Gasteiger partial charge < -0.3 is 10.1 Å². The van der Waals surface area contributed by atoms with Gasteiger partial charge in [-0.15, -0.1) is 0 Å². The Balaban J connectivity index is 2.27. The number of aromatic nitrogens is 2. The van der Waals surface area contributed by atoms with Gasteiger partial charge in [0.25, 0.3) is 0 Å². The molecule has 4 nitrogen and oxygen atoms in total. The molecule has 3 atom stereocenters. The van der Waals surface area contributed by atoms with Crippen LogP contribution in [0.3, 0.4) is 0 Å². The van der Waals surface area contributed by atoms with Gasteiger partial charge in [-0.05, 0) is 31.7 Å². The van der Waals surface area contributed by atoms with Crippen molar-refractivity contribution in [2.45, 2.75) is 58.7 Å². The number of nitrogens with one attached hydrogen (secondary N) is 1. The van der Waals surface area contributed by atoms with Crippen LogP contribution in [0.5, 0.6) is 0 Å². The molecule has 0 radical (unpaired) electrons. The Morgan fingerprint density at radius 3 is 2.90 bits per heavy atom. The fourth-order valence-corrected chi connectivity index (χ4v) is 3.14. The first-order chi connectivity index (χ1) is 9.69. The summed E-state index contributed by atoms with van der Waals surface area (Å²) in [6.07, 6.45) is 5.21. The number of halogens is 1. The van der Waals surface area contributed by atoms with Crippen molar-refractivity contribution < 1.29 is 4.74 Å². The summed E-state index contributed by atoms with van der Waals surface area (Å²) in [6.45, 7) is 9.29. The molecule has 0 amide bonds. The maximum atomic E-state index is 6.40. The van der Waals surface area contributed by atoms with Crippen LogP contribution in [0, 0.1) is 5.92 Å². The summed E-state index contributed by atoms with van der Waals surface area (Å²) in [5.74, 6) is 0.547. The van der Waals surface area contributed by atoms with E-state index in [1.807, 2.05) is 4.68 Å². The molecule has 0 saturated carbocycles. The Hall–Kier alpha value is -0.580. The van der Waals surface area contributed by atoms with Gasteiger partial charge in [0, 0.05) is 13.2 Å². The lowest BCUT2D eigenvalue weighted by Gasteiger charge is -2.28. The first-order valence-electron chi connectivity index (χ1n) is 7.75. The monoisotopic (exact) mass is 299 g/mol. The van der Waals surface area contributed by atoms with Gasteiger partial charge in [0.1, 0.15) is 0 Å². The van der Waals surface area contributed by atoms with Crippen molar-refractivity contribution in [3.8, 4) is 0 Å². The van der Waals surface area contributed by atoms with Crippen molar-refractivity contribution in [3.05, 3.63) is 16.9 Å². The maximum absolute atomic E-state index is 6.40. The van der Waals surface area contributed by atoms with Crippen molar-refractivity contribution in [1.29, 1.82) is 0 Å². The fraction of sp³-hybridized carbons (Fsp3) is 0.800. The van der Waals surface area contributed by atoms with Gasteiger partial charge in [0.05, 0.1) is 29.1 Å². The summed E-state index contributed by atoms with van der Waals surface area (Å²) in [5, 5.41) is 8.78. The molecular formula is C15H26ClN3O. The van der Waals surface area contributed by atoms with Gasteiger partial charge in [-0.3, -0.25) is 4.68 Å². The van der Waals surface area contributed by atoms with Gasteiger partial charge in [0.15, 0.2) is 0 Å². The molecule has 1 N–H and O–H groups in total. The first-order valence-corrected chi connectivity index (χ1v) is 8.13. The molecule has 1 aromatic rings. The molecule has 114 valence electrons. The minimum atomic E-state index is 0.133. The topological polar surface area (TPSA) is 39.1 Å². The van der Waals surface area contributed by atoms with Gasteiger partial charge in [-0.25, -0.2) is 0 Å². The van der Waals surface area contributed by atoms with Crippen LogP contribution in [0.2, 0.25) is 5.02 Å². The van der Waals surface area contributed by atoms with Crippen molar-refractivity contribution in [3.63, 3.8) is 0 Å². The third-order valence-corrected chi connectivity index (χ3v) is 4.24. The van der Waals surface area contributed by atoms with Gasteiger partial charge >= 0.3 is 0 Å². The van der Waals surface area contributed by atoms with E-state index in [9.17, 15) is 0 Å². The summed E-state index contributed by atoms with van der Waals surface area (Å²) in [6, 6.07) is 0.133. The second-order valence-electron chi connectivity index (χ2n) is 5.63. The second-order valence-corrected chi connectivity index (χ2v) is 6.04. The molecule has 0 spiro atoms. The third-order valence-electron chi connectivity index (χ3n) is 3.95. The van der Waals surface area contributed by atoms with E-state index in [-0.39, 0.29) is 12.1 Å². The number of rotatable bonds is 7. The van der Waals surface area contributed by atoms with E-state index in [1.165, 1.54) is 0 Å². The quantitative estimate of drug-likeness (QED) is 0.838. The highest BCUT2D eigenvalue weighted by Gasteiger charge is 2.35. The van der Waals surface area contributed by atoms with Crippen LogP contribution in [0.4, 0.5) is 0 Å². The van der Waals surface area contributed by atoms with E-state index in [4.69, 9.17) is 16.3 Å². The number of hydrogen-bond acceptors (Lipinski definition) is 3. The lowest BCUT2D eigenvalue weighted by Crippen LogP contribution is -2.37. The van der Waals surface area contributed by atoms with E-state index in [1.54, 1.807) is 6.20 Å². The van der Waals surface area contributed by atoms with E-state index < -0.39 is 0 Å². The minimum Gasteiger partial charge on any atom is -0.376 e. The zero-order chi connectivity index (χ0) is 14.5. The van der Waals surface area contributed by atoms with Crippen LogP contribution in [-0.2, 0) is 11.3 Å². The Labute approximate surface area is 126 Å². The molecule has 1 aromatic heterocycles. The lowest BCUT2D eigenvalue weighted by molar-refractivity contribution is 0.0579. The SMILES string of the molecule is CCCNC(c1c(Cl)cnn1CCC)C1OCCC1C. The van der Waals surface area contributed by atoms with Crippen LogP contribution in [0.1, 0.15) is 51.8 Å². The molecular weight excluding hydrogens is 274 g/mol. The molecule has 0 aliphatic carbocycles. The van der Waals surface area contributed by atoms with Crippen LogP contribution in [-0.4, -0.2) is 29.0 Å². The van der Waals surface area contributed by atoms with Gasteiger partial charge in [0.2, 0.25) is 0 Å². The zero-order valence-electron chi connectivity index (χ0n) is 12.7. The van der Waals surface area contributed by atoms with Crippen molar-refractivity contribution in [2.75, 3.05) is 13.2 Å². The van der Waals surface area contributed by atoms with Crippen LogP contribution >= 0.6 is 11.6 Å². The molecule has 2 heterocycles. The molecule has 2 rings (SSSR count). The summed E-state index contributed by atoms with van der Waals surface area (Å²) in [4.78, 5) is 0. The average molecular weight is 300 g/mol. The van der Waals surface area contributed by atoms with E-state index in [2.05, 4.69) is 31.2 Å². The molecule has 3 unspecified atom stereocenters. The summed E-state index contributed by atoms with van der Waals surface area (Å²) >= 11 is 6.40. The smallest absolute Gasteiger partial charge is 0.0835 e. The van der Waals surface area contributed by atoms with E-state index in [0.29, 0.717) is 5.92 Å². The van der Waals surface area contributed by atoms with Crippen molar-refractivity contribution >= 4 is 11.6 Å².